The molecular weight excluding hydrogens is 334 g/mol. The molecule has 8 heteroatoms. The number of aliphatic hydroxyl groups is 1. The number of carbonyl (C=O) groups is 1. The number of β-amino-alcohol motifs (C(OH)–C–C–N with tert-alkyl or cyclic N) is 1. The Morgan fingerprint density at radius 3 is 2.88 bits per heavy atom. The standard InChI is InChI=1S/C18H29N5O3/c1-13(2)26-15-10-14(20-17(19)21-15)22-7-3-5-18(11-22)6-4-16(25)23(12-18)8-9-24/h10,13,24H,3-9,11-12H2,1-2H3,(H2,19,20,21). The second-order valence-corrected chi connectivity index (χ2v) is 7.65. The largest absolute Gasteiger partial charge is 0.475 e. The molecular formula is C18H29N5O3. The van der Waals surface area contributed by atoms with Gasteiger partial charge in [-0.1, -0.05) is 0 Å². The van der Waals surface area contributed by atoms with E-state index in [1.165, 1.54) is 0 Å². The highest BCUT2D eigenvalue weighted by Crippen LogP contribution is 2.40. The number of likely N-dealkylation sites (tertiary alicyclic amines) is 1. The smallest absolute Gasteiger partial charge is 0.225 e. The van der Waals surface area contributed by atoms with Crippen molar-refractivity contribution in [2.45, 2.75) is 45.6 Å². The fourth-order valence-corrected chi connectivity index (χ4v) is 4.06. The molecule has 2 aliphatic heterocycles. The van der Waals surface area contributed by atoms with E-state index in [9.17, 15) is 9.90 Å². The summed E-state index contributed by atoms with van der Waals surface area (Å²) in [6.07, 6.45) is 3.54. The van der Waals surface area contributed by atoms with Crippen LogP contribution in [-0.4, -0.2) is 64.8 Å². The van der Waals surface area contributed by atoms with Crippen LogP contribution in [0.25, 0.3) is 0 Å². The van der Waals surface area contributed by atoms with Gasteiger partial charge in [0.25, 0.3) is 0 Å². The number of rotatable bonds is 5. The first-order valence-corrected chi connectivity index (χ1v) is 9.36. The van der Waals surface area contributed by atoms with Crippen LogP contribution in [0.5, 0.6) is 5.88 Å². The van der Waals surface area contributed by atoms with E-state index in [-0.39, 0.29) is 30.0 Å². The topological polar surface area (TPSA) is 105 Å². The van der Waals surface area contributed by atoms with E-state index < -0.39 is 0 Å². The van der Waals surface area contributed by atoms with Gasteiger partial charge in [0, 0.05) is 44.1 Å². The zero-order chi connectivity index (χ0) is 18.7. The molecule has 2 fully saturated rings. The number of nitrogens with zero attached hydrogens (tertiary/aromatic N) is 4. The highest BCUT2D eigenvalue weighted by Gasteiger charge is 2.42. The lowest BCUT2D eigenvalue weighted by atomic mass is 9.73. The van der Waals surface area contributed by atoms with Crippen LogP contribution in [0, 0.1) is 5.41 Å². The summed E-state index contributed by atoms with van der Waals surface area (Å²) in [7, 11) is 0. The molecule has 2 aliphatic rings. The highest BCUT2D eigenvalue weighted by molar-refractivity contribution is 5.77. The number of piperidine rings is 2. The summed E-state index contributed by atoms with van der Waals surface area (Å²) in [5.41, 5.74) is 5.92. The van der Waals surface area contributed by atoms with Crippen molar-refractivity contribution in [1.82, 2.24) is 14.9 Å². The van der Waals surface area contributed by atoms with Gasteiger partial charge in [0.1, 0.15) is 5.82 Å². The summed E-state index contributed by atoms with van der Waals surface area (Å²) in [6, 6.07) is 1.84. The Balaban J connectivity index is 1.78. The van der Waals surface area contributed by atoms with Crippen LogP contribution >= 0.6 is 0 Å². The number of amides is 1. The molecule has 0 radical (unpaired) electrons. The molecule has 1 aromatic heterocycles. The Morgan fingerprint density at radius 1 is 1.35 bits per heavy atom. The van der Waals surface area contributed by atoms with E-state index >= 15 is 0 Å². The molecule has 3 heterocycles. The second kappa shape index (κ2) is 7.65. The number of nitrogen functional groups attached to an aromatic ring is 1. The van der Waals surface area contributed by atoms with Crippen LogP contribution < -0.4 is 15.4 Å². The van der Waals surface area contributed by atoms with Crippen molar-refractivity contribution in [2.24, 2.45) is 5.41 Å². The predicted molar refractivity (Wildman–Crippen MR) is 99.0 cm³/mol. The molecule has 144 valence electrons. The zero-order valence-electron chi connectivity index (χ0n) is 15.6. The van der Waals surface area contributed by atoms with Crippen LogP contribution in [0.15, 0.2) is 6.07 Å². The minimum atomic E-state index is 0.00385. The Kier molecular flexibility index (Phi) is 5.50. The SMILES string of the molecule is CC(C)Oc1cc(N2CCCC3(CCC(=O)N(CCO)C3)C2)nc(N)n1. The number of nitrogens with two attached hydrogens (primary N) is 1. The lowest BCUT2D eigenvalue weighted by Crippen LogP contribution is -2.54. The normalized spacial score (nSPS) is 23.8. The number of hydrogen-bond donors (Lipinski definition) is 2. The average Bonchev–Trinajstić information content (AvgIpc) is 2.58. The van der Waals surface area contributed by atoms with Gasteiger partial charge in [0.2, 0.25) is 17.7 Å². The molecule has 0 aliphatic carbocycles. The number of aliphatic hydroxyl groups excluding tert-OH is 1. The van der Waals surface area contributed by atoms with Crippen LogP contribution in [-0.2, 0) is 4.79 Å². The second-order valence-electron chi connectivity index (χ2n) is 7.65. The first-order chi connectivity index (χ1) is 12.4. The molecule has 1 unspecified atom stereocenters. The van der Waals surface area contributed by atoms with Crippen LogP contribution in [0.3, 0.4) is 0 Å². The monoisotopic (exact) mass is 363 g/mol. The molecule has 1 atom stereocenters. The van der Waals surface area contributed by atoms with Crippen molar-refractivity contribution in [3.8, 4) is 5.88 Å². The van der Waals surface area contributed by atoms with E-state index in [1.54, 1.807) is 4.90 Å². The summed E-state index contributed by atoms with van der Waals surface area (Å²) >= 11 is 0. The Labute approximate surface area is 154 Å². The highest BCUT2D eigenvalue weighted by atomic mass is 16.5. The average molecular weight is 363 g/mol. The third kappa shape index (κ3) is 4.17. The molecule has 1 spiro atoms. The number of anilines is 2. The fraction of sp³-hybridized carbons (Fsp3) is 0.722. The summed E-state index contributed by atoms with van der Waals surface area (Å²) in [4.78, 5) is 24.7. The molecule has 0 aromatic carbocycles. The van der Waals surface area contributed by atoms with E-state index in [1.807, 2.05) is 19.9 Å². The van der Waals surface area contributed by atoms with Gasteiger partial charge in [0.05, 0.1) is 12.7 Å². The van der Waals surface area contributed by atoms with Gasteiger partial charge in [-0.25, -0.2) is 0 Å². The summed E-state index contributed by atoms with van der Waals surface area (Å²) in [6.45, 7) is 6.72. The van der Waals surface area contributed by atoms with Crippen LogP contribution in [0.1, 0.15) is 39.5 Å². The number of hydrogen-bond acceptors (Lipinski definition) is 7. The van der Waals surface area contributed by atoms with Crippen molar-refractivity contribution in [2.75, 3.05) is 43.4 Å². The first kappa shape index (κ1) is 18.7. The van der Waals surface area contributed by atoms with E-state index in [0.29, 0.717) is 25.4 Å². The van der Waals surface area contributed by atoms with Gasteiger partial charge in [-0.2, -0.15) is 9.97 Å². The van der Waals surface area contributed by atoms with Crippen LogP contribution in [0.2, 0.25) is 0 Å². The van der Waals surface area contributed by atoms with Crippen molar-refractivity contribution < 1.29 is 14.6 Å². The van der Waals surface area contributed by atoms with Gasteiger partial charge in [-0.15, -0.1) is 0 Å². The van der Waals surface area contributed by atoms with Gasteiger partial charge >= 0.3 is 0 Å². The van der Waals surface area contributed by atoms with E-state index in [4.69, 9.17) is 10.5 Å². The molecule has 8 nitrogen and oxygen atoms in total. The van der Waals surface area contributed by atoms with Crippen molar-refractivity contribution in [3.05, 3.63) is 6.07 Å². The van der Waals surface area contributed by atoms with E-state index in [2.05, 4.69) is 14.9 Å². The molecule has 3 N–H and O–H groups in total. The minimum Gasteiger partial charge on any atom is -0.475 e. The summed E-state index contributed by atoms with van der Waals surface area (Å²) < 4.78 is 5.69. The minimum absolute atomic E-state index is 0.00385. The third-order valence-corrected chi connectivity index (χ3v) is 5.17. The van der Waals surface area contributed by atoms with Crippen molar-refractivity contribution in [3.63, 3.8) is 0 Å². The maximum atomic E-state index is 12.1. The predicted octanol–water partition coefficient (Wildman–Crippen LogP) is 1.05. The van der Waals surface area contributed by atoms with E-state index in [0.717, 1.165) is 38.2 Å². The summed E-state index contributed by atoms with van der Waals surface area (Å²) in [5.74, 6) is 1.61. The molecule has 1 aromatic rings. The maximum Gasteiger partial charge on any atom is 0.225 e. The van der Waals surface area contributed by atoms with Gasteiger partial charge < -0.3 is 25.4 Å². The summed E-state index contributed by atoms with van der Waals surface area (Å²) in [5, 5.41) is 9.24. The van der Waals surface area contributed by atoms with Crippen molar-refractivity contribution in [1.29, 1.82) is 0 Å². The number of carbonyl (C=O) groups excluding carboxylic acids is 1. The first-order valence-electron chi connectivity index (χ1n) is 9.36. The number of aromatic nitrogens is 2. The van der Waals surface area contributed by atoms with Gasteiger partial charge in [-0.05, 0) is 33.1 Å². The quantitative estimate of drug-likeness (QED) is 0.805. The molecule has 1 amide bonds. The van der Waals surface area contributed by atoms with Gasteiger partial charge in [0.15, 0.2) is 0 Å². The molecule has 2 saturated heterocycles. The van der Waals surface area contributed by atoms with Gasteiger partial charge in [-0.3, -0.25) is 4.79 Å². The molecule has 3 rings (SSSR count). The lowest BCUT2D eigenvalue weighted by molar-refractivity contribution is -0.138. The van der Waals surface area contributed by atoms with Crippen LogP contribution in [0.4, 0.5) is 11.8 Å². The molecule has 0 saturated carbocycles. The maximum absolute atomic E-state index is 12.1. The fourth-order valence-electron chi connectivity index (χ4n) is 4.06. The Morgan fingerprint density at radius 2 is 2.15 bits per heavy atom. The Hall–Kier alpha value is -2.09. The molecule has 0 bridgehead atoms. The number of ether oxygens (including phenoxy) is 1. The third-order valence-electron chi connectivity index (χ3n) is 5.17. The Bertz CT molecular complexity index is 654. The molecule has 26 heavy (non-hydrogen) atoms. The van der Waals surface area contributed by atoms with Crippen molar-refractivity contribution >= 4 is 17.7 Å². The lowest BCUT2D eigenvalue weighted by Gasteiger charge is -2.48. The zero-order valence-corrected chi connectivity index (χ0v) is 15.6.